The topological polar surface area (TPSA) is 73.1 Å². The van der Waals surface area contributed by atoms with Gasteiger partial charge in [-0.25, -0.2) is 4.98 Å². The fraction of sp³-hybridized carbons (Fsp3) is 0.286. The van der Waals surface area contributed by atoms with Crippen molar-refractivity contribution in [2.24, 2.45) is 0 Å². The van der Waals surface area contributed by atoms with Gasteiger partial charge in [0.2, 0.25) is 5.95 Å². The van der Waals surface area contributed by atoms with E-state index in [9.17, 15) is 0 Å². The Morgan fingerprint density at radius 2 is 2.16 bits per heavy atom. The van der Waals surface area contributed by atoms with Crippen molar-refractivity contribution in [1.82, 2.24) is 9.97 Å². The van der Waals surface area contributed by atoms with Crippen molar-refractivity contribution in [2.75, 3.05) is 24.7 Å². The van der Waals surface area contributed by atoms with Crippen LogP contribution in [0.3, 0.4) is 0 Å². The normalized spacial score (nSPS) is 12.9. The molecule has 5 heteroatoms. The fourth-order valence-corrected chi connectivity index (χ4v) is 2.44. The van der Waals surface area contributed by atoms with Crippen LogP contribution in [-0.4, -0.2) is 23.6 Å². The quantitative estimate of drug-likeness (QED) is 0.873. The third kappa shape index (κ3) is 2.19. The Morgan fingerprint density at radius 1 is 1.32 bits per heavy atom. The van der Waals surface area contributed by atoms with Crippen molar-refractivity contribution in [3.63, 3.8) is 0 Å². The minimum absolute atomic E-state index is 0.318. The predicted octanol–water partition coefficient (Wildman–Crippen LogP) is 1.63. The molecule has 3 rings (SSSR count). The molecule has 1 aromatic heterocycles. The molecule has 0 radical (unpaired) electrons. The standard InChI is InChI=1S/C14H16N4O/c1-19-12-5-3-2-4-9(12)8-11-10-6-7-16-13(10)18-14(15)17-11/h2-5H,6-8H2,1H3,(H3,15,16,17,18). The lowest BCUT2D eigenvalue weighted by Crippen LogP contribution is -2.05. The molecule has 0 unspecified atom stereocenters. The number of methoxy groups -OCH3 is 1. The summed E-state index contributed by atoms with van der Waals surface area (Å²) in [7, 11) is 1.68. The van der Waals surface area contributed by atoms with Gasteiger partial charge in [0.05, 0.1) is 12.8 Å². The third-order valence-corrected chi connectivity index (χ3v) is 3.33. The Kier molecular flexibility index (Phi) is 2.95. The number of anilines is 2. The Labute approximate surface area is 111 Å². The van der Waals surface area contributed by atoms with E-state index in [0.29, 0.717) is 12.4 Å². The summed E-state index contributed by atoms with van der Waals surface area (Å²) in [5, 5.41) is 3.23. The summed E-state index contributed by atoms with van der Waals surface area (Å²) in [5.74, 6) is 2.06. The van der Waals surface area contributed by atoms with Crippen LogP contribution >= 0.6 is 0 Å². The molecule has 1 aromatic carbocycles. The van der Waals surface area contributed by atoms with Crippen LogP contribution in [0.5, 0.6) is 5.75 Å². The summed E-state index contributed by atoms with van der Waals surface area (Å²) >= 11 is 0. The average molecular weight is 256 g/mol. The zero-order valence-corrected chi connectivity index (χ0v) is 10.8. The molecule has 0 bridgehead atoms. The maximum absolute atomic E-state index is 5.76. The molecule has 5 nitrogen and oxygen atoms in total. The second-order valence-corrected chi connectivity index (χ2v) is 4.52. The number of aromatic nitrogens is 2. The summed E-state index contributed by atoms with van der Waals surface area (Å²) in [5.41, 5.74) is 9.02. The van der Waals surface area contributed by atoms with Gasteiger partial charge in [0.1, 0.15) is 11.6 Å². The summed E-state index contributed by atoms with van der Waals surface area (Å²) in [4.78, 5) is 8.61. The van der Waals surface area contributed by atoms with Gasteiger partial charge < -0.3 is 15.8 Å². The van der Waals surface area contributed by atoms with Crippen LogP contribution in [0.4, 0.5) is 11.8 Å². The molecule has 3 N–H and O–H groups in total. The highest BCUT2D eigenvalue weighted by Crippen LogP contribution is 2.27. The van der Waals surface area contributed by atoms with Gasteiger partial charge >= 0.3 is 0 Å². The van der Waals surface area contributed by atoms with Crippen LogP contribution in [0.2, 0.25) is 0 Å². The van der Waals surface area contributed by atoms with Crippen LogP contribution in [0, 0.1) is 0 Å². The molecule has 0 spiro atoms. The fourth-order valence-electron chi connectivity index (χ4n) is 2.44. The summed E-state index contributed by atoms with van der Waals surface area (Å²) in [6, 6.07) is 7.97. The molecule has 1 aliphatic heterocycles. The van der Waals surface area contributed by atoms with Crippen molar-refractivity contribution < 1.29 is 4.74 Å². The molecule has 2 aromatic rings. The number of para-hydroxylation sites is 1. The second kappa shape index (κ2) is 4.76. The molecule has 1 aliphatic rings. The lowest BCUT2D eigenvalue weighted by atomic mass is 10.0. The molecular weight excluding hydrogens is 240 g/mol. The van der Waals surface area contributed by atoms with Crippen molar-refractivity contribution in [3.8, 4) is 5.75 Å². The predicted molar refractivity (Wildman–Crippen MR) is 74.4 cm³/mol. The summed E-state index contributed by atoms with van der Waals surface area (Å²) in [6.45, 7) is 0.895. The number of ether oxygens (including phenoxy) is 1. The highest BCUT2D eigenvalue weighted by atomic mass is 16.5. The summed E-state index contributed by atoms with van der Waals surface area (Å²) in [6.07, 6.45) is 1.65. The Balaban J connectivity index is 2.00. The maximum atomic E-state index is 5.76. The average Bonchev–Trinajstić information content (AvgIpc) is 2.87. The van der Waals surface area contributed by atoms with Crippen molar-refractivity contribution in [2.45, 2.75) is 12.8 Å². The Hall–Kier alpha value is -2.30. The van der Waals surface area contributed by atoms with Crippen molar-refractivity contribution in [1.29, 1.82) is 0 Å². The van der Waals surface area contributed by atoms with Gasteiger partial charge in [0.15, 0.2) is 0 Å². The van der Waals surface area contributed by atoms with E-state index in [2.05, 4.69) is 15.3 Å². The molecule has 0 saturated carbocycles. The molecule has 0 amide bonds. The van der Waals surface area contributed by atoms with Crippen molar-refractivity contribution in [3.05, 3.63) is 41.1 Å². The van der Waals surface area contributed by atoms with Crippen LogP contribution < -0.4 is 15.8 Å². The number of nitrogens with two attached hydrogens (primary N) is 1. The van der Waals surface area contributed by atoms with Gasteiger partial charge in [-0.2, -0.15) is 4.98 Å². The van der Waals surface area contributed by atoms with Crippen LogP contribution in [-0.2, 0) is 12.8 Å². The first-order valence-corrected chi connectivity index (χ1v) is 6.29. The van der Waals surface area contributed by atoms with Gasteiger partial charge in [-0.3, -0.25) is 0 Å². The third-order valence-electron chi connectivity index (χ3n) is 3.33. The second-order valence-electron chi connectivity index (χ2n) is 4.52. The van der Waals surface area contributed by atoms with E-state index < -0.39 is 0 Å². The molecule has 98 valence electrons. The van der Waals surface area contributed by atoms with Gasteiger partial charge in [0.25, 0.3) is 0 Å². The van der Waals surface area contributed by atoms with E-state index in [0.717, 1.165) is 35.8 Å². The van der Waals surface area contributed by atoms with E-state index in [1.165, 1.54) is 5.56 Å². The lowest BCUT2D eigenvalue weighted by molar-refractivity contribution is 0.410. The highest BCUT2D eigenvalue weighted by Gasteiger charge is 2.19. The number of rotatable bonds is 3. The lowest BCUT2D eigenvalue weighted by Gasteiger charge is -2.10. The molecular formula is C14H16N4O. The van der Waals surface area contributed by atoms with E-state index in [1.807, 2.05) is 24.3 Å². The first-order valence-electron chi connectivity index (χ1n) is 6.29. The molecule has 0 aliphatic carbocycles. The Morgan fingerprint density at radius 3 is 3.00 bits per heavy atom. The van der Waals surface area contributed by atoms with E-state index in [1.54, 1.807) is 7.11 Å². The van der Waals surface area contributed by atoms with Crippen molar-refractivity contribution >= 4 is 11.8 Å². The SMILES string of the molecule is COc1ccccc1Cc1nc(N)nc2c1CCN2. The number of hydrogen-bond acceptors (Lipinski definition) is 5. The maximum Gasteiger partial charge on any atom is 0.222 e. The zero-order valence-electron chi connectivity index (χ0n) is 10.8. The van der Waals surface area contributed by atoms with E-state index in [4.69, 9.17) is 10.5 Å². The summed E-state index contributed by atoms with van der Waals surface area (Å²) < 4.78 is 5.38. The largest absolute Gasteiger partial charge is 0.496 e. The minimum Gasteiger partial charge on any atom is -0.496 e. The van der Waals surface area contributed by atoms with Gasteiger partial charge in [0, 0.05) is 24.1 Å². The zero-order chi connectivity index (χ0) is 13.2. The first kappa shape index (κ1) is 11.8. The molecule has 2 heterocycles. The first-order chi connectivity index (χ1) is 9.28. The number of hydrogen-bond donors (Lipinski definition) is 2. The highest BCUT2D eigenvalue weighted by molar-refractivity contribution is 5.55. The van der Waals surface area contributed by atoms with Gasteiger partial charge in [-0.05, 0) is 12.5 Å². The smallest absolute Gasteiger partial charge is 0.222 e. The minimum atomic E-state index is 0.318. The molecule has 0 fully saturated rings. The van der Waals surface area contributed by atoms with Gasteiger partial charge in [-0.1, -0.05) is 18.2 Å². The van der Waals surface area contributed by atoms with Gasteiger partial charge in [-0.15, -0.1) is 0 Å². The molecule has 19 heavy (non-hydrogen) atoms. The van der Waals surface area contributed by atoms with Crippen LogP contribution in [0.25, 0.3) is 0 Å². The number of nitrogen functional groups attached to an aromatic ring is 1. The number of fused-ring (bicyclic) bond motifs is 1. The van der Waals surface area contributed by atoms with E-state index >= 15 is 0 Å². The number of benzene rings is 1. The monoisotopic (exact) mass is 256 g/mol. The van der Waals surface area contributed by atoms with Crippen LogP contribution in [0.15, 0.2) is 24.3 Å². The number of nitrogens with zero attached hydrogens (tertiary/aromatic N) is 2. The van der Waals surface area contributed by atoms with Crippen LogP contribution in [0.1, 0.15) is 16.8 Å². The Bertz CT molecular complexity index is 612. The van der Waals surface area contributed by atoms with E-state index in [-0.39, 0.29) is 0 Å². The molecule has 0 atom stereocenters. The number of nitrogens with one attached hydrogen (secondary N) is 1. The molecule has 0 saturated heterocycles.